The van der Waals surface area contributed by atoms with Crippen LogP contribution >= 0.6 is 11.6 Å². The van der Waals surface area contributed by atoms with E-state index in [4.69, 9.17) is 21.8 Å². The number of hydrogen-bond donors (Lipinski definition) is 3. The third-order valence-electron chi connectivity index (χ3n) is 4.81. The molecular weight excluding hydrogens is 378 g/mol. The largest absolute Gasteiger partial charge is 0.454 e. The molecule has 1 saturated heterocycles. The Balaban J connectivity index is 1.42. The minimum atomic E-state index is -0.570. The summed E-state index contributed by atoms with van der Waals surface area (Å²) < 4.78 is 5.37. The van der Waals surface area contributed by atoms with Crippen LogP contribution < -0.4 is 16.4 Å². The Labute approximate surface area is 169 Å². The average Bonchev–Trinajstić information content (AvgIpc) is 3.18. The summed E-state index contributed by atoms with van der Waals surface area (Å²) in [6, 6.07) is 11.7. The Morgan fingerprint density at radius 3 is 2.57 bits per heavy atom. The molecule has 0 aliphatic carbocycles. The fourth-order valence-electron chi connectivity index (χ4n) is 3.25. The number of hydrogen-bond acceptors (Lipinski definition) is 4. The van der Waals surface area contributed by atoms with E-state index in [9.17, 15) is 4.79 Å². The molecule has 1 aliphatic heterocycles. The van der Waals surface area contributed by atoms with Crippen molar-refractivity contribution in [3.05, 3.63) is 58.5 Å². The molecule has 8 heteroatoms. The van der Waals surface area contributed by atoms with Crippen LogP contribution in [0.5, 0.6) is 0 Å². The van der Waals surface area contributed by atoms with E-state index in [1.807, 2.05) is 12.1 Å². The number of guanidine groups is 1. The van der Waals surface area contributed by atoms with Gasteiger partial charge in [-0.15, -0.1) is 0 Å². The molecule has 0 saturated carbocycles. The first kappa shape index (κ1) is 20.2. The van der Waals surface area contributed by atoms with Crippen molar-refractivity contribution < 1.29 is 9.21 Å². The van der Waals surface area contributed by atoms with Crippen molar-refractivity contribution >= 4 is 23.5 Å². The number of nitrogens with two attached hydrogens (primary N) is 1. The normalized spacial score (nSPS) is 16.1. The van der Waals surface area contributed by atoms with Gasteiger partial charge in [0, 0.05) is 37.7 Å². The maximum absolute atomic E-state index is 11.1. The van der Waals surface area contributed by atoms with E-state index in [-0.39, 0.29) is 5.76 Å². The summed E-state index contributed by atoms with van der Waals surface area (Å²) in [4.78, 5) is 17.8. The molecule has 3 rings (SSSR count). The molecule has 1 fully saturated rings. The zero-order valence-electron chi connectivity index (χ0n) is 16.0. The SMILES string of the molecule is CN=C(NCc1ccc(C(N)=O)o1)NC1CCN(Cc2ccc(Cl)cc2)CC1. The van der Waals surface area contributed by atoms with Gasteiger partial charge in [0.15, 0.2) is 11.7 Å². The van der Waals surface area contributed by atoms with Gasteiger partial charge in [-0.1, -0.05) is 23.7 Å². The maximum atomic E-state index is 11.1. The molecule has 0 unspecified atom stereocenters. The van der Waals surface area contributed by atoms with Gasteiger partial charge < -0.3 is 20.8 Å². The van der Waals surface area contributed by atoms with Crippen LogP contribution in [0.25, 0.3) is 0 Å². The number of carbonyl (C=O) groups excluding carboxylic acids is 1. The van der Waals surface area contributed by atoms with Crippen LogP contribution in [-0.2, 0) is 13.1 Å². The lowest BCUT2D eigenvalue weighted by Gasteiger charge is -2.33. The van der Waals surface area contributed by atoms with Crippen molar-refractivity contribution in [1.82, 2.24) is 15.5 Å². The van der Waals surface area contributed by atoms with Gasteiger partial charge in [-0.05, 0) is 42.7 Å². The van der Waals surface area contributed by atoms with Crippen LogP contribution in [0.3, 0.4) is 0 Å². The summed E-state index contributed by atoms with van der Waals surface area (Å²) in [7, 11) is 1.74. The number of amides is 1. The minimum absolute atomic E-state index is 0.160. The number of piperidine rings is 1. The lowest BCUT2D eigenvalue weighted by Crippen LogP contribution is -2.48. The van der Waals surface area contributed by atoms with Crippen molar-refractivity contribution in [2.75, 3.05) is 20.1 Å². The van der Waals surface area contributed by atoms with Crippen molar-refractivity contribution in [3.63, 3.8) is 0 Å². The van der Waals surface area contributed by atoms with Gasteiger partial charge in [-0.25, -0.2) is 0 Å². The average molecular weight is 404 g/mol. The second kappa shape index (κ2) is 9.61. The number of nitrogens with zero attached hydrogens (tertiary/aromatic N) is 2. The molecule has 7 nitrogen and oxygen atoms in total. The van der Waals surface area contributed by atoms with Gasteiger partial charge in [0.05, 0.1) is 6.54 Å². The molecular formula is C20H26ClN5O2. The fraction of sp³-hybridized carbons (Fsp3) is 0.400. The Hall–Kier alpha value is -2.51. The summed E-state index contributed by atoms with van der Waals surface area (Å²) in [6.45, 7) is 3.43. The minimum Gasteiger partial charge on any atom is -0.454 e. The third-order valence-corrected chi connectivity index (χ3v) is 5.06. The smallest absolute Gasteiger partial charge is 0.284 e. The summed E-state index contributed by atoms with van der Waals surface area (Å²) in [5.74, 6) is 0.939. The van der Waals surface area contributed by atoms with Crippen molar-refractivity contribution in [2.45, 2.75) is 32.0 Å². The highest BCUT2D eigenvalue weighted by atomic mass is 35.5. The Bertz CT molecular complexity index is 810. The Morgan fingerprint density at radius 2 is 1.96 bits per heavy atom. The fourth-order valence-corrected chi connectivity index (χ4v) is 3.37. The maximum Gasteiger partial charge on any atom is 0.284 e. The Morgan fingerprint density at radius 1 is 1.25 bits per heavy atom. The summed E-state index contributed by atoms with van der Waals surface area (Å²) in [6.07, 6.45) is 2.09. The van der Waals surface area contributed by atoms with Crippen LogP contribution in [0.15, 0.2) is 45.8 Å². The second-order valence-corrected chi connectivity index (χ2v) is 7.31. The molecule has 28 heavy (non-hydrogen) atoms. The standard InChI is InChI=1S/C20H26ClN5O2/c1-23-20(24-12-17-6-7-18(28-17)19(22)27)25-16-8-10-26(11-9-16)13-14-2-4-15(21)5-3-14/h2-7,16H,8-13H2,1H3,(H2,22,27)(H2,23,24,25). The summed E-state index contributed by atoms with van der Waals surface area (Å²) >= 11 is 5.95. The van der Waals surface area contributed by atoms with E-state index in [2.05, 4.69) is 32.7 Å². The zero-order valence-corrected chi connectivity index (χ0v) is 16.7. The summed E-state index contributed by atoms with van der Waals surface area (Å²) in [5, 5.41) is 7.44. The molecule has 1 amide bonds. The lowest BCUT2D eigenvalue weighted by atomic mass is 10.0. The third kappa shape index (κ3) is 5.74. The predicted octanol–water partition coefficient (Wildman–Crippen LogP) is 2.36. The molecule has 2 heterocycles. The first-order valence-electron chi connectivity index (χ1n) is 9.36. The number of aliphatic imine (C=N–C) groups is 1. The van der Waals surface area contributed by atoms with Crippen molar-refractivity contribution in [1.29, 1.82) is 0 Å². The van der Waals surface area contributed by atoms with Crippen LogP contribution in [-0.4, -0.2) is 42.9 Å². The number of nitrogens with one attached hydrogen (secondary N) is 2. The van der Waals surface area contributed by atoms with Crippen molar-refractivity contribution in [3.8, 4) is 0 Å². The quantitative estimate of drug-likeness (QED) is 0.508. The van der Waals surface area contributed by atoms with E-state index in [0.29, 0.717) is 24.3 Å². The predicted molar refractivity (Wildman–Crippen MR) is 110 cm³/mol. The highest BCUT2D eigenvalue weighted by Crippen LogP contribution is 2.16. The van der Waals surface area contributed by atoms with Crippen LogP contribution in [0.2, 0.25) is 5.02 Å². The monoisotopic (exact) mass is 403 g/mol. The molecule has 1 aliphatic rings. The van der Waals surface area contributed by atoms with Gasteiger partial charge in [0.2, 0.25) is 0 Å². The molecule has 1 aromatic carbocycles. The van der Waals surface area contributed by atoms with Crippen LogP contribution in [0.4, 0.5) is 0 Å². The first-order chi connectivity index (χ1) is 13.5. The van der Waals surface area contributed by atoms with E-state index in [1.165, 1.54) is 5.56 Å². The number of carbonyl (C=O) groups is 1. The molecule has 0 atom stereocenters. The number of rotatable bonds is 6. The van der Waals surface area contributed by atoms with E-state index in [1.54, 1.807) is 19.2 Å². The molecule has 0 bridgehead atoms. The van der Waals surface area contributed by atoms with Gasteiger partial charge >= 0.3 is 0 Å². The van der Waals surface area contributed by atoms with E-state index >= 15 is 0 Å². The lowest BCUT2D eigenvalue weighted by molar-refractivity contribution is 0.0972. The van der Waals surface area contributed by atoms with Crippen molar-refractivity contribution in [2.24, 2.45) is 10.7 Å². The highest BCUT2D eigenvalue weighted by molar-refractivity contribution is 6.30. The number of halogens is 1. The van der Waals surface area contributed by atoms with E-state index < -0.39 is 5.91 Å². The van der Waals surface area contributed by atoms with Crippen LogP contribution in [0.1, 0.15) is 34.7 Å². The molecule has 0 spiro atoms. The highest BCUT2D eigenvalue weighted by Gasteiger charge is 2.20. The van der Waals surface area contributed by atoms with Crippen LogP contribution in [0, 0.1) is 0 Å². The van der Waals surface area contributed by atoms with Gasteiger partial charge in [0.1, 0.15) is 5.76 Å². The topological polar surface area (TPSA) is 95.9 Å². The number of furan rings is 1. The molecule has 150 valence electrons. The molecule has 2 aromatic rings. The molecule has 1 aromatic heterocycles. The summed E-state index contributed by atoms with van der Waals surface area (Å²) in [5.41, 5.74) is 6.48. The molecule has 0 radical (unpaired) electrons. The second-order valence-electron chi connectivity index (χ2n) is 6.88. The number of benzene rings is 1. The van der Waals surface area contributed by atoms with Gasteiger partial charge in [-0.3, -0.25) is 14.7 Å². The molecule has 4 N–H and O–H groups in total. The Kier molecular flexibility index (Phi) is 6.95. The zero-order chi connectivity index (χ0) is 19.9. The van der Waals surface area contributed by atoms with Gasteiger partial charge in [0.25, 0.3) is 5.91 Å². The number of primary amides is 1. The van der Waals surface area contributed by atoms with E-state index in [0.717, 1.165) is 37.5 Å². The number of likely N-dealkylation sites (tertiary alicyclic amines) is 1. The first-order valence-corrected chi connectivity index (χ1v) is 9.74. The van der Waals surface area contributed by atoms with Gasteiger partial charge in [-0.2, -0.15) is 0 Å².